The highest BCUT2D eigenvalue weighted by Crippen LogP contribution is 2.45. The van der Waals surface area contributed by atoms with Crippen LogP contribution in [0.4, 0.5) is 0 Å². The molecule has 0 aromatic heterocycles. The van der Waals surface area contributed by atoms with Crippen LogP contribution in [0.25, 0.3) is 0 Å². The van der Waals surface area contributed by atoms with Gasteiger partial charge in [0, 0.05) is 12.8 Å². The van der Waals surface area contributed by atoms with Gasteiger partial charge in [0.05, 0.1) is 24.2 Å². The SMILES string of the molecule is CC(C)[N+]1(C(C)C)CC[N+](C(C)C)(C(C)C)[C@H]2CCCC[C@@H]21.[Cl-]. The second kappa shape index (κ2) is 7.62. The quantitative estimate of drug-likeness (QED) is 0.679. The number of rotatable bonds is 4. The molecule has 1 heterocycles. The van der Waals surface area contributed by atoms with E-state index in [0.29, 0.717) is 0 Å². The third-order valence-corrected chi connectivity index (χ3v) is 7.65. The maximum Gasteiger partial charge on any atom is 0.142 e. The molecule has 0 aromatic carbocycles. The van der Waals surface area contributed by atoms with Crippen LogP contribution in [0.1, 0.15) is 81.1 Å². The van der Waals surface area contributed by atoms with E-state index >= 15 is 0 Å². The Balaban J connectivity index is 0.00000264. The van der Waals surface area contributed by atoms with Gasteiger partial charge in [-0.15, -0.1) is 0 Å². The first-order chi connectivity index (χ1) is 10.2. The molecule has 23 heavy (non-hydrogen) atoms. The Labute approximate surface area is 152 Å². The Morgan fingerprint density at radius 3 is 1.04 bits per heavy atom. The van der Waals surface area contributed by atoms with Gasteiger partial charge in [-0.25, -0.2) is 0 Å². The first-order valence-corrected chi connectivity index (χ1v) is 9.95. The zero-order valence-electron chi connectivity index (χ0n) is 17.0. The predicted octanol–water partition coefficient (Wildman–Crippen LogP) is 1.58. The molecule has 2 nitrogen and oxygen atoms in total. The van der Waals surface area contributed by atoms with Gasteiger partial charge in [0.25, 0.3) is 0 Å². The molecular formula is C20H42ClN2+. The smallest absolute Gasteiger partial charge is 0.142 e. The Morgan fingerprint density at radius 1 is 0.565 bits per heavy atom. The third kappa shape index (κ3) is 3.09. The fourth-order valence-electron chi connectivity index (χ4n) is 6.65. The molecule has 2 rings (SSSR count). The Kier molecular flexibility index (Phi) is 7.04. The molecule has 138 valence electrons. The normalized spacial score (nSPS) is 29.7. The highest BCUT2D eigenvalue weighted by Gasteiger charge is 2.60. The molecule has 0 amide bonds. The summed E-state index contributed by atoms with van der Waals surface area (Å²) >= 11 is 0. The van der Waals surface area contributed by atoms with Crippen LogP contribution in [0.15, 0.2) is 0 Å². The summed E-state index contributed by atoms with van der Waals surface area (Å²) in [6, 6.07) is 4.79. The van der Waals surface area contributed by atoms with Crippen LogP contribution < -0.4 is 12.4 Å². The maximum absolute atomic E-state index is 2.48. The summed E-state index contributed by atoms with van der Waals surface area (Å²) in [5.74, 6) is 0. The van der Waals surface area contributed by atoms with Crippen molar-refractivity contribution in [2.45, 2.75) is 117 Å². The summed E-state index contributed by atoms with van der Waals surface area (Å²) < 4.78 is 2.76. The van der Waals surface area contributed by atoms with Crippen LogP contribution in [-0.4, -0.2) is 58.3 Å². The lowest BCUT2D eigenvalue weighted by molar-refractivity contribution is -1.10. The van der Waals surface area contributed by atoms with Crippen molar-refractivity contribution in [3.8, 4) is 0 Å². The Morgan fingerprint density at radius 2 is 0.826 bits per heavy atom. The molecule has 1 saturated carbocycles. The molecule has 0 radical (unpaired) electrons. The maximum atomic E-state index is 2.48. The number of fused-ring (bicyclic) bond motifs is 1. The molecule has 0 bridgehead atoms. The topological polar surface area (TPSA) is 0 Å². The molecule has 1 aliphatic carbocycles. The van der Waals surface area contributed by atoms with E-state index in [1.165, 1.54) is 47.7 Å². The minimum atomic E-state index is 0. The van der Waals surface area contributed by atoms with Crippen molar-refractivity contribution in [2.75, 3.05) is 13.1 Å². The molecule has 1 aliphatic heterocycles. The van der Waals surface area contributed by atoms with E-state index in [4.69, 9.17) is 0 Å². The van der Waals surface area contributed by atoms with Gasteiger partial charge in [-0.2, -0.15) is 0 Å². The number of hydrogen-bond donors (Lipinski definition) is 0. The fourth-order valence-corrected chi connectivity index (χ4v) is 6.65. The average molecular weight is 346 g/mol. The van der Waals surface area contributed by atoms with Gasteiger partial charge in [-0.3, -0.25) is 0 Å². The van der Waals surface area contributed by atoms with Crippen molar-refractivity contribution in [2.24, 2.45) is 0 Å². The van der Waals surface area contributed by atoms with E-state index in [1.807, 2.05) is 0 Å². The van der Waals surface area contributed by atoms with E-state index in [1.54, 1.807) is 0 Å². The zero-order valence-corrected chi connectivity index (χ0v) is 17.7. The number of piperazine rings is 1. The van der Waals surface area contributed by atoms with Crippen molar-refractivity contribution in [3.63, 3.8) is 0 Å². The van der Waals surface area contributed by atoms with Gasteiger partial charge in [-0.05, 0) is 68.2 Å². The number of halogens is 1. The van der Waals surface area contributed by atoms with Gasteiger partial charge in [0.1, 0.15) is 25.2 Å². The van der Waals surface area contributed by atoms with E-state index in [0.717, 1.165) is 36.3 Å². The van der Waals surface area contributed by atoms with Crippen molar-refractivity contribution in [1.82, 2.24) is 0 Å². The highest BCUT2D eigenvalue weighted by molar-refractivity contribution is 4.85. The number of quaternary nitrogens is 2. The molecule has 2 fully saturated rings. The number of hydrogen-bond acceptors (Lipinski definition) is 0. The first kappa shape index (κ1) is 21.3. The zero-order chi connectivity index (χ0) is 16.7. The van der Waals surface area contributed by atoms with Gasteiger partial charge in [0.2, 0.25) is 0 Å². The summed E-state index contributed by atoms with van der Waals surface area (Å²) in [6.07, 6.45) is 5.83. The van der Waals surface area contributed by atoms with E-state index < -0.39 is 0 Å². The summed E-state index contributed by atoms with van der Waals surface area (Å²) in [7, 11) is 0. The van der Waals surface area contributed by atoms with Crippen LogP contribution in [0.3, 0.4) is 0 Å². The lowest BCUT2D eigenvalue weighted by atomic mass is 9.78. The van der Waals surface area contributed by atoms with Crippen LogP contribution in [0.2, 0.25) is 0 Å². The van der Waals surface area contributed by atoms with Gasteiger partial charge in [0.15, 0.2) is 0 Å². The average Bonchev–Trinajstić information content (AvgIpc) is 2.44. The van der Waals surface area contributed by atoms with E-state index in [-0.39, 0.29) is 12.4 Å². The Bertz CT molecular complexity index is 324. The molecule has 2 aliphatic rings. The van der Waals surface area contributed by atoms with Crippen molar-refractivity contribution in [3.05, 3.63) is 0 Å². The highest BCUT2D eigenvalue weighted by atomic mass is 35.5. The third-order valence-electron chi connectivity index (χ3n) is 7.65. The number of nitrogens with zero attached hydrogens (tertiary/aromatic N) is 2. The van der Waals surface area contributed by atoms with E-state index in [2.05, 4.69) is 55.4 Å². The minimum Gasteiger partial charge on any atom is -1.00 e. The molecule has 0 unspecified atom stereocenters. The van der Waals surface area contributed by atoms with Gasteiger partial charge >= 0.3 is 0 Å². The largest absolute Gasteiger partial charge is 1.00 e. The lowest BCUT2D eigenvalue weighted by Crippen LogP contribution is -3.00. The first-order valence-electron chi connectivity index (χ1n) is 9.95. The summed E-state index contributed by atoms with van der Waals surface area (Å²) in [5.41, 5.74) is 0. The molecule has 0 aromatic rings. The van der Waals surface area contributed by atoms with Gasteiger partial charge in [-0.1, -0.05) is 0 Å². The van der Waals surface area contributed by atoms with Crippen LogP contribution in [0.5, 0.6) is 0 Å². The lowest BCUT2D eigenvalue weighted by Gasteiger charge is -2.65. The monoisotopic (exact) mass is 345 g/mol. The summed E-state index contributed by atoms with van der Waals surface area (Å²) in [4.78, 5) is 0. The predicted molar refractivity (Wildman–Crippen MR) is 96.8 cm³/mol. The van der Waals surface area contributed by atoms with Crippen LogP contribution >= 0.6 is 0 Å². The van der Waals surface area contributed by atoms with Gasteiger partial charge < -0.3 is 21.4 Å². The summed E-state index contributed by atoms with van der Waals surface area (Å²) in [6.45, 7) is 22.6. The molecule has 0 spiro atoms. The van der Waals surface area contributed by atoms with Crippen LogP contribution in [-0.2, 0) is 0 Å². The van der Waals surface area contributed by atoms with Crippen LogP contribution in [0, 0.1) is 0 Å². The second-order valence-corrected chi connectivity index (χ2v) is 9.23. The molecule has 1 saturated heterocycles. The Hall–Kier alpha value is 0.210. The van der Waals surface area contributed by atoms with Crippen molar-refractivity contribution in [1.29, 1.82) is 0 Å². The molecule has 3 heteroatoms. The second-order valence-electron chi connectivity index (χ2n) is 9.23. The minimum absolute atomic E-state index is 0. The fraction of sp³-hybridized carbons (Fsp3) is 1.00. The standard InChI is InChI=1S/C20H42N2.ClH/c1-15(2)21(16(3)4)13-14-22(17(5)6,18(7)8)20-12-10-9-11-19(20)21;/h15-20H,9-14H2,1-8H3;1H/q+2;/p-1/t19-,20-;/m0./s1. The molecule has 0 N–H and O–H groups in total. The molecular weight excluding hydrogens is 304 g/mol. The van der Waals surface area contributed by atoms with E-state index in [9.17, 15) is 0 Å². The van der Waals surface area contributed by atoms with Crippen molar-refractivity contribution < 1.29 is 21.4 Å². The molecule has 2 atom stereocenters. The van der Waals surface area contributed by atoms with Crippen molar-refractivity contribution >= 4 is 0 Å². The summed E-state index contributed by atoms with van der Waals surface area (Å²) in [5, 5.41) is 0.